The third kappa shape index (κ3) is 19.9. The van der Waals surface area contributed by atoms with Crippen LogP contribution >= 0.6 is 11.8 Å². The Labute approximate surface area is 455 Å². The summed E-state index contributed by atoms with van der Waals surface area (Å²) in [5.41, 5.74) is 18.8. The number of rotatable bonds is 31. The van der Waals surface area contributed by atoms with Crippen LogP contribution in [0.15, 0.2) is 72.8 Å². The fraction of sp³-hybridized carbons (Fsp3) is 0.472. The second-order valence-corrected chi connectivity index (χ2v) is 20.2. The summed E-state index contributed by atoms with van der Waals surface area (Å²) >= 11 is 1.33. The van der Waals surface area contributed by atoms with Gasteiger partial charge in [0.1, 0.15) is 59.5 Å². The number of nitrogens with two attached hydrogens (primary N) is 3. The number of primary amides is 2. The van der Waals surface area contributed by atoms with Crippen LogP contribution in [0.25, 0.3) is 0 Å². The van der Waals surface area contributed by atoms with E-state index in [1.165, 1.54) is 65.2 Å². The number of benzene rings is 3. The molecule has 16 N–H and O–H groups in total. The molecule has 0 radical (unpaired) electrons. The molecule has 0 bridgehead atoms. The standard InChI is InChI=1S/C53H72N10O14S/c1-4-29(2)45(51(74)59-39(23-25-78-3)48(71)57-37(19-21-43(55)67)47(70)61-41(53(76)77)28-32-11-17-35(66)18-12-32)62-49(72)38(20-22-44(56)68)58-50(73)42-6-5-24-63(42)52(75)40(27-31-9-15-34(65)16-10-31)60-46(69)36(54)26-30-7-13-33(64)14-8-30/h7-18,29,36-42,45,64-66H,4-6,19-28,54H2,1-3H3,(H2,55,67)(H2,56,68)(H,57,71)(H,58,73)(H,59,74)(H,60,69)(H,61,70)(H,62,72)(H,76,77)/t29-,36-,37-,38-,39-,40-,41-,42-,45-/m0/s1. The molecule has 1 saturated heterocycles. The van der Waals surface area contributed by atoms with Crippen LogP contribution in [0.5, 0.6) is 17.2 Å². The molecule has 3 aromatic rings. The largest absolute Gasteiger partial charge is 0.508 e. The molecule has 1 heterocycles. The zero-order valence-corrected chi connectivity index (χ0v) is 44.6. The Morgan fingerprint density at radius 2 is 1.01 bits per heavy atom. The van der Waals surface area contributed by atoms with E-state index in [0.717, 1.165) is 0 Å². The summed E-state index contributed by atoms with van der Waals surface area (Å²) in [6, 6.07) is 6.90. The van der Waals surface area contributed by atoms with Gasteiger partial charge in [0.25, 0.3) is 0 Å². The second kappa shape index (κ2) is 30.7. The summed E-state index contributed by atoms with van der Waals surface area (Å²) < 4.78 is 0. The van der Waals surface area contributed by atoms with Crippen LogP contribution in [0.3, 0.4) is 0 Å². The SMILES string of the molecule is CC[C@H](C)[C@H](NC(=O)[C@H](CCC(N)=O)NC(=O)[C@@H]1CCCN1C(=O)[C@H](Cc1ccc(O)cc1)NC(=O)[C@@H](N)Cc1ccc(O)cc1)C(=O)N[C@@H](CCSC)C(=O)N[C@@H](CCC(N)=O)C(=O)N[C@@H](Cc1ccc(O)cc1)C(=O)O. The number of phenols is 3. The lowest BCUT2D eigenvalue weighted by Gasteiger charge is -2.31. The van der Waals surface area contributed by atoms with E-state index < -0.39 is 113 Å². The third-order valence-electron chi connectivity index (χ3n) is 13.2. The molecule has 9 atom stereocenters. The van der Waals surface area contributed by atoms with Crippen LogP contribution in [-0.2, 0) is 67.2 Å². The molecular weight excluding hydrogens is 1030 g/mol. The lowest BCUT2D eigenvalue weighted by atomic mass is 9.96. The lowest BCUT2D eigenvalue weighted by molar-refractivity contribution is -0.142. The molecule has 1 aliphatic rings. The Morgan fingerprint density at radius 3 is 1.49 bits per heavy atom. The molecule has 0 spiro atoms. The highest BCUT2D eigenvalue weighted by Crippen LogP contribution is 2.22. The number of phenolic OH excluding ortho intramolecular Hbond substituents is 3. The molecule has 424 valence electrons. The molecule has 9 amide bonds. The van der Waals surface area contributed by atoms with Gasteiger partial charge in [0, 0.05) is 32.2 Å². The Hall–Kier alpha value is -7.93. The lowest BCUT2D eigenvalue weighted by Crippen LogP contribution is -2.61. The zero-order valence-electron chi connectivity index (χ0n) is 43.8. The highest BCUT2D eigenvalue weighted by Gasteiger charge is 2.40. The number of aromatic hydroxyl groups is 3. The molecule has 78 heavy (non-hydrogen) atoms. The molecule has 0 saturated carbocycles. The van der Waals surface area contributed by atoms with Crippen molar-refractivity contribution in [2.24, 2.45) is 23.1 Å². The molecule has 1 aliphatic heterocycles. The minimum Gasteiger partial charge on any atom is -0.508 e. The summed E-state index contributed by atoms with van der Waals surface area (Å²) in [6.07, 6.45) is 0.905. The average molecular weight is 1110 g/mol. The average Bonchev–Trinajstić information content (AvgIpc) is 3.92. The fourth-order valence-electron chi connectivity index (χ4n) is 8.54. The van der Waals surface area contributed by atoms with Gasteiger partial charge in [-0.05, 0) is 110 Å². The number of carbonyl (C=O) groups excluding carboxylic acids is 9. The van der Waals surface area contributed by atoms with Crippen molar-refractivity contribution in [2.75, 3.05) is 18.6 Å². The van der Waals surface area contributed by atoms with Gasteiger partial charge in [-0.2, -0.15) is 11.8 Å². The zero-order chi connectivity index (χ0) is 57.6. The van der Waals surface area contributed by atoms with E-state index in [4.69, 9.17) is 17.2 Å². The van der Waals surface area contributed by atoms with Gasteiger partial charge in [-0.15, -0.1) is 0 Å². The molecule has 4 rings (SSSR count). The van der Waals surface area contributed by atoms with Gasteiger partial charge >= 0.3 is 5.97 Å². The van der Waals surface area contributed by atoms with Crippen molar-refractivity contribution in [1.82, 2.24) is 36.8 Å². The first kappa shape index (κ1) is 62.6. The second-order valence-electron chi connectivity index (χ2n) is 19.2. The Bertz CT molecular complexity index is 2570. The van der Waals surface area contributed by atoms with E-state index >= 15 is 0 Å². The van der Waals surface area contributed by atoms with Gasteiger partial charge in [0.15, 0.2) is 0 Å². The monoisotopic (exact) mass is 1100 g/mol. The first-order chi connectivity index (χ1) is 37.0. The van der Waals surface area contributed by atoms with E-state index in [9.17, 15) is 68.4 Å². The van der Waals surface area contributed by atoms with Crippen LogP contribution in [-0.4, -0.2) is 151 Å². The minimum atomic E-state index is -1.50. The number of aliphatic carboxylic acids is 1. The van der Waals surface area contributed by atoms with Crippen LogP contribution in [0.4, 0.5) is 0 Å². The minimum absolute atomic E-state index is 0.00264. The van der Waals surface area contributed by atoms with Crippen molar-refractivity contribution in [2.45, 2.75) is 133 Å². The van der Waals surface area contributed by atoms with E-state index in [-0.39, 0.29) is 81.6 Å². The van der Waals surface area contributed by atoms with Crippen LogP contribution < -0.4 is 49.1 Å². The first-order valence-corrected chi connectivity index (χ1v) is 26.9. The van der Waals surface area contributed by atoms with E-state index in [0.29, 0.717) is 35.3 Å². The van der Waals surface area contributed by atoms with Gasteiger partial charge in [0.2, 0.25) is 53.2 Å². The summed E-state index contributed by atoms with van der Waals surface area (Å²) in [4.78, 5) is 136. The van der Waals surface area contributed by atoms with Crippen molar-refractivity contribution >= 4 is 70.9 Å². The molecule has 25 heteroatoms. The number of hydrogen-bond acceptors (Lipinski definition) is 15. The van der Waals surface area contributed by atoms with Gasteiger partial charge < -0.3 is 74.4 Å². The van der Waals surface area contributed by atoms with Crippen molar-refractivity contribution in [3.8, 4) is 17.2 Å². The highest BCUT2D eigenvalue weighted by molar-refractivity contribution is 7.98. The van der Waals surface area contributed by atoms with E-state index in [1.54, 1.807) is 44.4 Å². The van der Waals surface area contributed by atoms with Crippen molar-refractivity contribution in [1.29, 1.82) is 0 Å². The van der Waals surface area contributed by atoms with Gasteiger partial charge in [0.05, 0.1) is 6.04 Å². The maximum atomic E-state index is 14.5. The number of amides is 9. The Kier molecular flexibility index (Phi) is 24.7. The normalized spacial score (nSPS) is 16.1. The molecule has 0 aliphatic carbocycles. The Morgan fingerprint density at radius 1 is 0.590 bits per heavy atom. The summed E-state index contributed by atoms with van der Waals surface area (Å²) in [6.45, 7) is 3.47. The quantitative estimate of drug-likeness (QED) is 0.0385. The van der Waals surface area contributed by atoms with Crippen molar-refractivity contribution < 1.29 is 68.4 Å². The van der Waals surface area contributed by atoms with Crippen molar-refractivity contribution in [3.05, 3.63) is 89.5 Å². The molecule has 24 nitrogen and oxygen atoms in total. The summed E-state index contributed by atoms with van der Waals surface area (Å²) in [5, 5.41) is 54.8. The number of thioether (sulfide) groups is 1. The van der Waals surface area contributed by atoms with Gasteiger partial charge in [-0.3, -0.25) is 43.2 Å². The number of carboxylic acids is 1. The number of carboxylic acid groups (broad SMARTS) is 1. The van der Waals surface area contributed by atoms with Crippen LogP contribution in [0, 0.1) is 5.92 Å². The molecule has 0 aromatic heterocycles. The number of hydrogen-bond donors (Lipinski definition) is 13. The van der Waals surface area contributed by atoms with Gasteiger partial charge in [-0.1, -0.05) is 56.7 Å². The number of carbonyl (C=O) groups is 10. The Balaban J connectivity index is 1.53. The third-order valence-corrected chi connectivity index (χ3v) is 13.9. The number of nitrogens with one attached hydrogen (secondary N) is 6. The van der Waals surface area contributed by atoms with E-state index in [1.807, 2.05) is 0 Å². The fourth-order valence-corrected chi connectivity index (χ4v) is 9.01. The highest BCUT2D eigenvalue weighted by atomic mass is 32.2. The maximum Gasteiger partial charge on any atom is 0.326 e. The molecule has 3 aromatic carbocycles. The summed E-state index contributed by atoms with van der Waals surface area (Å²) in [7, 11) is 0. The number of nitrogens with zero attached hydrogens (tertiary/aromatic N) is 1. The number of likely N-dealkylation sites (tertiary alicyclic amines) is 1. The topological polar surface area (TPSA) is 405 Å². The maximum absolute atomic E-state index is 14.5. The van der Waals surface area contributed by atoms with Crippen molar-refractivity contribution in [3.63, 3.8) is 0 Å². The predicted molar refractivity (Wildman–Crippen MR) is 287 cm³/mol. The predicted octanol–water partition coefficient (Wildman–Crippen LogP) is -0.527. The van der Waals surface area contributed by atoms with Crippen LogP contribution in [0.1, 0.15) is 81.9 Å². The smallest absolute Gasteiger partial charge is 0.326 e. The molecule has 1 fully saturated rings. The molecule has 0 unspecified atom stereocenters. The molecular formula is C53H72N10O14S. The first-order valence-electron chi connectivity index (χ1n) is 25.5. The van der Waals surface area contributed by atoms with Crippen LogP contribution in [0.2, 0.25) is 0 Å². The summed E-state index contributed by atoms with van der Waals surface area (Å²) in [5.74, 6) is -9.12. The van der Waals surface area contributed by atoms with E-state index in [2.05, 4.69) is 31.9 Å². The van der Waals surface area contributed by atoms with Gasteiger partial charge in [-0.25, -0.2) is 4.79 Å².